The molecule has 0 spiro atoms. The Morgan fingerprint density at radius 1 is 1.44 bits per heavy atom. The number of hydrogen-bond donors (Lipinski definition) is 0. The van der Waals surface area contributed by atoms with Gasteiger partial charge in [0.15, 0.2) is 0 Å². The molecule has 1 rings (SSSR count). The van der Waals surface area contributed by atoms with E-state index in [2.05, 4.69) is 4.90 Å². The van der Waals surface area contributed by atoms with Gasteiger partial charge in [0.1, 0.15) is 0 Å². The Hall–Kier alpha value is -1.10. The van der Waals surface area contributed by atoms with Gasteiger partial charge in [-0.05, 0) is 26.3 Å². The number of carbonyl (C=O) groups excluding carboxylic acids is 2. The summed E-state index contributed by atoms with van der Waals surface area (Å²) in [5, 5.41) is 0. The van der Waals surface area contributed by atoms with Crippen LogP contribution in [-0.4, -0.2) is 50.2 Å². The second-order valence-corrected chi connectivity index (χ2v) is 4.77. The molecule has 1 fully saturated rings. The van der Waals surface area contributed by atoms with Crippen LogP contribution in [0.1, 0.15) is 26.7 Å². The zero-order chi connectivity index (χ0) is 13.5. The maximum Gasteiger partial charge on any atom is 0.309 e. The van der Waals surface area contributed by atoms with Gasteiger partial charge in [-0.25, -0.2) is 0 Å². The minimum atomic E-state index is -0.169. The molecule has 5 nitrogen and oxygen atoms in total. The van der Waals surface area contributed by atoms with E-state index in [0.717, 1.165) is 19.4 Å². The first-order chi connectivity index (χ1) is 8.58. The zero-order valence-electron chi connectivity index (χ0n) is 11.5. The second kappa shape index (κ2) is 7.36. The van der Waals surface area contributed by atoms with Crippen LogP contribution in [0.4, 0.5) is 0 Å². The summed E-state index contributed by atoms with van der Waals surface area (Å²) in [4.78, 5) is 25.2. The molecule has 1 saturated heterocycles. The minimum Gasteiger partial charge on any atom is -0.469 e. The van der Waals surface area contributed by atoms with Gasteiger partial charge >= 0.3 is 11.9 Å². The van der Waals surface area contributed by atoms with Crippen molar-refractivity contribution in [2.24, 2.45) is 11.8 Å². The van der Waals surface area contributed by atoms with Crippen LogP contribution in [0.2, 0.25) is 0 Å². The van der Waals surface area contributed by atoms with E-state index in [1.165, 1.54) is 7.11 Å². The third-order valence-corrected chi connectivity index (χ3v) is 3.26. The Morgan fingerprint density at radius 3 is 2.78 bits per heavy atom. The predicted octanol–water partition coefficient (Wildman–Crippen LogP) is 1.07. The zero-order valence-corrected chi connectivity index (χ0v) is 11.5. The fourth-order valence-corrected chi connectivity index (χ4v) is 2.33. The molecule has 0 saturated carbocycles. The number of carbonyl (C=O) groups is 2. The standard InChI is InChI=1S/C13H23NO4/c1-4-18-12(15)10(2)8-14-7-5-6-11(9-14)13(16)17-3/h10-11H,4-9H2,1-3H3. The van der Waals surface area contributed by atoms with E-state index in [1.54, 1.807) is 6.92 Å². The number of likely N-dealkylation sites (tertiary alicyclic amines) is 1. The topological polar surface area (TPSA) is 55.8 Å². The summed E-state index contributed by atoms with van der Waals surface area (Å²) in [6, 6.07) is 0. The number of ether oxygens (including phenoxy) is 2. The average molecular weight is 257 g/mol. The number of methoxy groups -OCH3 is 1. The molecular formula is C13H23NO4. The smallest absolute Gasteiger partial charge is 0.309 e. The van der Waals surface area contributed by atoms with Crippen LogP contribution in [0.3, 0.4) is 0 Å². The van der Waals surface area contributed by atoms with Crippen LogP contribution in [0.25, 0.3) is 0 Å². The minimum absolute atomic E-state index is 0.0573. The summed E-state index contributed by atoms with van der Waals surface area (Å²) >= 11 is 0. The van der Waals surface area contributed by atoms with E-state index >= 15 is 0 Å². The van der Waals surface area contributed by atoms with E-state index in [1.807, 2.05) is 6.92 Å². The molecular weight excluding hydrogens is 234 g/mol. The molecule has 0 aromatic heterocycles. The van der Waals surface area contributed by atoms with Gasteiger partial charge in [-0.1, -0.05) is 6.92 Å². The summed E-state index contributed by atoms with van der Waals surface area (Å²) in [6.07, 6.45) is 1.84. The van der Waals surface area contributed by atoms with Crippen molar-refractivity contribution in [1.82, 2.24) is 4.90 Å². The molecule has 5 heteroatoms. The van der Waals surface area contributed by atoms with Gasteiger partial charge in [-0.2, -0.15) is 0 Å². The molecule has 104 valence electrons. The third-order valence-electron chi connectivity index (χ3n) is 3.26. The third kappa shape index (κ3) is 4.29. The van der Waals surface area contributed by atoms with Crippen molar-refractivity contribution in [3.63, 3.8) is 0 Å². The number of piperidine rings is 1. The summed E-state index contributed by atoms with van der Waals surface area (Å²) in [5.41, 5.74) is 0. The Kier molecular flexibility index (Phi) is 6.12. The van der Waals surface area contributed by atoms with Crippen molar-refractivity contribution in [3.8, 4) is 0 Å². The lowest BCUT2D eigenvalue weighted by atomic mass is 9.97. The molecule has 0 aromatic carbocycles. The highest BCUT2D eigenvalue weighted by atomic mass is 16.5. The second-order valence-electron chi connectivity index (χ2n) is 4.77. The van der Waals surface area contributed by atoms with Gasteiger partial charge in [0.05, 0.1) is 25.6 Å². The van der Waals surface area contributed by atoms with E-state index in [-0.39, 0.29) is 23.8 Å². The summed E-state index contributed by atoms with van der Waals surface area (Å²) < 4.78 is 9.76. The summed E-state index contributed by atoms with van der Waals surface area (Å²) in [5.74, 6) is -0.527. The molecule has 0 amide bonds. The fourth-order valence-electron chi connectivity index (χ4n) is 2.33. The van der Waals surface area contributed by atoms with Crippen LogP contribution in [0.15, 0.2) is 0 Å². The van der Waals surface area contributed by atoms with Gasteiger partial charge in [-0.3, -0.25) is 9.59 Å². The Morgan fingerprint density at radius 2 is 2.17 bits per heavy atom. The number of hydrogen-bond acceptors (Lipinski definition) is 5. The average Bonchev–Trinajstić information content (AvgIpc) is 2.38. The Bertz CT molecular complexity index is 293. The molecule has 0 aliphatic carbocycles. The van der Waals surface area contributed by atoms with Crippen molar-refractivity contribution in [3.05, 3.63) is 0 Å². The molecule has 0 N–H and O–H groups in total. The van der Waals surface area contributed by atoms with E-state index in [9.17, 15) is 9.59 Å². The van der Waals surface area contributed by atoms with Crippen LogP contribution in [0, 0.1) is 11.8 Å². The quantitative estimate of drug-likeness (QED) is 0.690. The van der Waals surface area contributed by atoms with E-state index in [4.69, 9.17) is 9.47 Å². The van der Waals surface area contributed by atoms with Gasteiger partial charge < -0.3 is 14.4 Å². The first-order valence-corrected chi connectivity index (χ1v) is 6.55. The molecule has 18 heavy (non-hydrogen) atoms. The number of esters is 2. The lowest BCUT2D eigenvalue weighted by molar-refractivity contribution is -0.149. The van der Waals surface area contributed by atoms with Crippen LogP contribution in [-0.2, 0) is 19.1 Å². The van der Waals surface area contributed by atoms with E-state index in [0.29, 0.717) is 19.7 Å². The summed E-state index contributed by atoms with van der Waals surface area (Å²) in [7, 11) is 1.42. The highest BCUT2D eigenvalue weighted by molar-refractivity contribution is 5.73. The van der Waals surface area contributed by atoms with Crippen LogP contribution in [0.5, 0.6) is 0 Å². The Labute approximate surface area is 108 Å². The van der Waals surface area contributed by atoms with Crippen LogP contribution < -0.4 is 0 Å². The lowest BCUT2D eigenvalue weighted by Gasteiger charge is -2.32. The van der Waals surface area contributed by atoms with Crippen molar-refractivity contribution in [2.45, 2.75) is 26.7 Å². The van der Waals surface area contributed by atoms with Crippen molar-refractivity contribution in [2.75, 3.05) is 33.4 Å². The van der Waals surface area contributed by atoms with Crippen LogP contribution >= 0.6 is 0 Å². The molecule has 2 unspecified atom stereocenters. The van der Waals surface area contributed by atoms with E-state index < -0.39 is 0 Å². The summed E-state index contributed by atoms with van der Waals surface area (Å²) in [6.45, 7) is 6.33. The molecule has 2 atom stereocenters. The lowest BCUT2D eigenvalue weighted by Crippen LogP contribution is -2.42. The van der Waals surface area contributed by atoms with Gasteiger partial charge in [0.25, 0.3) is 0 Å². The van der Waals surface area contributed by atoms with Crippen molar-refractivity contribution >= 4 is 11.9 Å². The Balaban J connectivity index is 2.42. The van der Waals surface area contributed by atoms with Gasteiger partial charge in [0, 0.05) is 13.1 Å². The largest absolute Gasteiger partial charge is 0.469 e. The molecule has 0 radical (unpaired) electrons. The van der Waals surface area contributed by atoms with Gasteiger partial charge in [0.2, 0.25) is 0 Å². The fraction of sp³-hybridized carbons (Fsp3) is 0.846. The van der Waals surface area contributed by atoms with Gasteiger partial charge in [-0.15, -0.1) is 0 Å². The number of nitrogens with zero attached hydrogens (tertiary/aromatic N) is 1. The normalized spacial score (nSPS) is 22.3. The highest BCUT2D eigenvalue weighted by Crippen LogP contribution is 2.18. The molecule has 1 aliphatic rings. The SMILES string of the molecule is CCOC(=O)C(C)CN1CCCC(C(=O)OC)C1. The molecule has 1 heterocycles. The number of rotatable bonds is 5. The predicted molar refractivity (Wildman–Crippen MR) is 67.0 cm³/mol. The maximum absolute atomic E-state index is 11.5. The maximum atomic E-state index is 11.5. The first-order valence-electron chi connectivity index (χ1n) is 6.55. The van der Waals surface area contributed by atoms with Crippen molar-refractivity contribution in [1.29, 1.82) is 0 Å². The first kappa shape index (κ1) is 15.0. The molecule has 0 aromatic rings. The van der Waals surface area contributed by atoms with Crippen molar-refractivity contribution < 1.29 is 19.1 Å². The highest BCUT2D eigenvalue weighted by Gasteiger charge is 2.28. The monoisotopic (exact) mass is 257 g/mol. The molecule has 1 aliphatic heterocycles. The molecule has 0 bridgehead atoms.